The Labute approximate surface area is 201 Å². The van der Waals surface area contributed by atoms with Crippen LogP contribution in [-0.4, -0.2) is 47.8 Å². The average molecular weight is 466 g/mol. The summed E-state index contributed by atoms with van der Waals surface area (Å²) < 4.78 is 5.68. The number of aliphatic carboxylic acids is 1. The number of nitrogens with one attached hydrogen (secondary N) is 2. The van der Waals surface area contributed by atoms with Gasteiger partial charge in [-0.1, -0.05) is 30.3 Å². The van der Waals surface area contributed by atoms with Crippen molar-refractivity contribution in [3.63, 3.8) is 0 Å². The molecule has 7 heteroatoms. The lowest BCUT2D eigenvalue weighted by Crippen LogP contribution is -2.46. The highest BCUT2D eigenvalue weighted by atomic mass is 16.5. The molecule has 3 N–H and O–H groups in total. The number of carboxylic acid groups (broad SMARTS) is 1. The Morgan fingerprint density at radius 2 is 2.00 bits per heavy atom. The number of carbonyl (C=O) groups excluding carboxylic acids is 1. The van der Waals surface area contributed by atoms with Crippen LogP contribution in [-0.2, 0) is 32.6 Å². The van der Waals surface area contributed by atoms with Crippen LogP contribution in [0.25, 0.3) is 0 Å². The van der Waals surface area contributed by atoms with Crippen molar-refractivity contribution < 1.29 is 19.4 Å². The van der Waals surface area contributed by atoms with Gasteiger partial charge in [0.25, 0.3) is 0 Å². The average Bonchev–Trinajstić information content (AvgIpc) is 3.64. The molecule has 0 saturated heterocycles. The summed E-state index contributed by atoms with van der Waals surface area (Å²) in [4.78, 5) is 29.4. The quantitative estimate of drug-likeness (QED) is 0.413. The highest BCUT2D eigenvalue weighted by molar-refractivity contribution is 5.94. The molecule has 1 aromatic carbocycles. The number of amides is 1. The van der Waals surface area contributed by atoms with Crippen molar-refractivity contribution in [2.45, 2.75) is 69.7 Å². The Kier molecular flexibility index (Phi) is 7.83. The molecule has 1 aromatic heterocycles. The molecular weight excluding hydrogens is 430 g/mol. The van der Waals surface area contributed by atoms with Crippen LogP contribution in [0.3, 0.4) is 0 Å². The van der Waals surface area contributed by atoms with E-state index >= 15 is 0 Å². The smallest absolute Gasteiger partial charge is 0.326 e. The van der Waals surface area contributed by atoms with Gasteiger partial charge in [0, 0.05) is 31.9 Å². The van der Waals surface area contributed by atoms with E-state index in [0.29, 0.717) is 13.2 Å². The standard InChI is InChI=1S/C27H35N3O4/c1-19-7-2-3-10-22(19)27(14-15-27)26(33)30-23(25(31)32)13-18-34-17-5-4-9-21-12-11-20-8-6-16-28-24(20)29-21/h2-3,7,10-12,23H,4-6,8-9,13-18H2,1H3,(H,28,29)(H,30,33)(H,31,32)/t23-/m0/s1. The van der Waals surface area contributed by atoms with Crippen molar-refractivity contribution in [2.75, 3.05) is 25.1 Å². The zero-order chi connectivity index (χ0) is 24.0. The van der Waals surface area contributed by atoms with E-state index in [1.54, 1.807) is 0 Å². The van der Waals surface area contributed by atoms with Gasteiger partial charge >= 0.3 is 5.97 Å². The number of hydrogen-bond donors (Lipinski definition) is 3. The van der Waals surface area contributed by atoms with Gasteiger partial charge < -0.3 is 20.5 Å². The first-order valence-corrected chi connectivity index (χ1v) is 12.4. The van der Waals surface area contributed by atoms with Crippen LogP contribution in [0.15, 0.2) is 36.4 Å². The topological polar surface area (TPSA) is 101 Å². The molecule has 0 radical (unpaired) electrons. The number of ether oxygens (including phenoxy) is 1. The number of pyridine rings is 1. The van der Waals surface area contributed by atoms with Gasteiger partial charge in [-0.25, -0.2) is 9.78 Å². The number of unbranched alkanes of at least 4 members (excludes halogenated alkanes) is 1. The Balaban J connectivity index is 1.16. The van der Waals surface area contributed by atoms with Crippen molar-refractivity contribution in [1.82, 2.24) is 10.3 Å². The van der Waals surface area contributed by atoms with E-state index in [1.165, 1.54) is 5.56 Å². The van der Waals surface area contributed by atoms with E-state index < -0.39 is 17.4 Å². The van der Waals surface area contributed by atoms with Crippen molar-refractivity contribution in [3.05, 3.63) is 58.8 Å². The maximum atomic E-state index is 13.0. The molecule has 34 heavy (non-hydrogen) atoms. The molecule has 2 aromatic rings. The second kappa shape index (κ2) is 11.0. The number of rotatable bonds is 12. The number of carboxylic acids is 1. The fourth-order valence-electron chi connectivity index (χ4n) is 4.73. The maximum absolute atomic E-state index is 13.0. The molecule has 182 valence electrons. The third kappa shape index (κ3) is 5.76. The lowest BCUT2D eigenvalue weighted by atomic mass is 9.90. The van der Waals surface area contributed by atoms with Crippen molar-refractivity contribution in [2.24, 2.45) is 0 Å². The van der Waals surface area contributed by atoms with E-state index in [1.807, 2.05) is 31.2 Å². The molecule has 1 saturated carbocycles. The van der Waals surface area contributed by atoms with E-state index in [2.05, 4.69) is 22.8 Å². The minimum atomic E-state index is -1.02. The molecule has 7 nitrogen and oxygen atoms in total. The summed E-state index contributed by atoms with van der Waals surface area (Å²) in [6.07, 6.45) is 6.75. The number of nitrogens with zero attached hydrogens (tertiary/aromatic N) is 1. The summed E-state index contributed by atoms with van der Waals surface area (Å²) in [5.41, 5.74) is 3.86. The number of fused-ring (bicyclic) bond motifs is 1. The molecule has 1 aliphatic carbocycles. The zero-order valence-corrected chi connectivity index (χ0v) is 19.9. The van der Waals surface area contributed by atoms with Crippen molar-refractivity contribution in [1.29, 1.82) is 0 Å². The predicted octanol–water partition coefficient (Wildman–Crippen LogP) is 3.78. The first-order chi connectivity index (χ1) is 16.5. The minimum Gasteiger partial charge on any atom is -0.480 e. The number of hydrogen-bond acceptors (Lipinski definition) is 5. The molecule has 1 fully saturated rings. The minimum absolute atomic E-state index is 0.193. The normalized spacial score (nSPS) is 16.7. The zero-order valence-electron chi connectivity index (χ0n) is 19.9. The molecule has 0 bridgehead atoms. The lowest BCUT2D eigenvalue weighted by molar-refractivity contribution is -0.142. The number of aryl methyl sites for hydroxylation is 3. The van der Waals surface area contributed by atoms with Crippen LogP contribution in [0.2, 0.25) is 0 Å². The molecular formula is C27H35N3O4. The third-order valence-corrected chi connectivity index (χ3v) is 6.92. The fourth-order valence-corrected chi connectivity index (χ4v) is 4.73. The van der Waals surface area contributed by atoms with Gasteiger partial charge in [0.05, 0.1) is 5.41 Å². The van der Waals surface area contributed by atoms with Gasteiger partial charge in [0.1, 0.15) is 11.9 Å². The highest BCUT2D eigenvalue weighted by Crippen LogP contribution is 2.49. The molecule has 2 aliphatic rings. The summed E-state index contributed by atoms with van der Waals surface area (Å²) in [5, 5.41) is 15.7. The predicted molar refractivity (Wildman–Crippen MR) is 131 cm³/mol. The molecule has 4 rings (SSSR count). The van der Waals surface area contributed by atoms with E-state index in [9.17, 15) is 14.7 Å². The van der Waals surface area contributed by atoms with Gasteiger partial charge in [-0.2, -0.15) is 0 Å². The van der Waals surface area contributed by atoms with Crippen LogP contribution >= 0.6 is 0 Å². The van der Waals surface area contributed by atoms with Crippen molar-refractivity contribution in [3.8, 4) is 0 Å². The first-order valence-electron chi connectivity index (χ1n) is 12.4. The second-order valence-corrected chi connectivity index (χ2v) is 9.46. The van der Waals surface area contributed by atoms with Crippen molar-refractivity contribution >= 4 is 17.7 Å². The Hall–Kier alpha value is -2.93. The van der Waals surface area contributed by atoms with Crippen LogP contribution in [0.1, 0.15) is 60.9 Å². The largest absolute Gasteiger partial charge is 0.480 e. The lowest BCUT2D eigenvalue weighted by Gasteiger charge is -2.21. The van der Waals surface area contributed by atoms with Gasteiger partial charge in [-0.15, -0.1) is 0 Å². The number of carbonyl (C=O) groups is 2. The molecule has 1 atom stereocenters. The monoisotopic (exact) mass is 465 g/mol. The fraction of sp³-hybridized carbons (Fsp3) is 0.519. The number of aromatic nitrogens is 1. The van der Waals surface area contributed by atoms with Gasteiger partial charge in [-0.05, 0) is 74.6 Å². The molecule has 0 spiro atoms. The summed E-state index contributed by atoms with van der Waals surface area (Å²) >= 11 is 0. The summed E-state index contributed by atoms with van der Waals surface area (Å²) in [7, 11) is 0. The van der Waals surface area contributed by atoms with Crippen LogP contribution in [0.4, 0.5) is 5.82 Å². The third-order valence-electron chi connectivity index (χ3n) is 6.92. The molecule has 1 aliphatic heterocycles. The number of benzene rings is 1. The van der Waals surface area contributed by atoms with E-state index in [4.69, 9.17) is 9.72 Å². The maximum Gasteiger partial charge on any atom is 0.326 e. The van der Waals surface area contributed by atoms with E-state index in [-0.39, 0.29) is 12.3 Å². The number of anilines is 1. The second-order valence-electron chi connectivity index (χ2n) is 9.46. The van der Waals surface area contributed by atoms with Gasteiger partial charge in [0.15, 0.2) is 0 Å². The summed E-state index contributed by atoms with van der Waals surface area (Å²) in [6, 6.07) is 11.2. The first kappa shape index (κ1) is 24.2. The molecule has 1 amide bonds. The van der Waals surface area contributed by atoms with Gasteiger partial charge in [-0.3, -0.25) is 4.79 Å². The van der Waals surface area contributed by atoms with Gasteiger partial charge in [0.2, 0.25) is 5.91 Å². The Morgan fingerprint density at radius 1 is 1.18 bits per heavy atom. The van der Waals surface area contributed by atoms with Crippen LogP contribution in [0.5, 0.6) is 0 Å². The SMILES string of the molecule is Cc1ccccc1C1(C(=O)N[C@@H](CCOCCCCc2ccc3c(n2)NCCC3)C(=O)O)CC1. The Morgan fingerprint density at radius 3 is 2.76 bits per heavy atom. The highest BCUT2D eigenvalue weighted by Gasteiger charge is 2.52. The summed E-state index contributed by atoms with van der Waals surface area (Å²) in [5.74, 6) is -0.192. The molecule has 2 heterocycles. The molecule has 0 unspecified atom stereocenters. The van der Waals surface area contributed by atoms with Crippen LogP contribution in [0, 0.1) is 6.92 Å². The van der Waals surface area contributed by atoms with E-state index in [0.717, 1.165) is 74.1 Å². The Bertz CT molecular complexity index is 1020. The summed E-state index contributed by atoms with van der Waals surface area (Å²) in [6.45, 7) is 3.85. The van der Waals surface area contributed by atoms with Crippen LogP contribution < -0.4 is 10.6 Å².